The summed E-state index contributed by atoms with van der Waals surface area (Å²) < 4.78 is 5.76. The average molecular weight is 273 g/mol. The molecule has 0 spiro atoms. The molecule has 0 aliphatic carbocycles. The second-order valence-electron chi connectivity index (χ2n) is 4.44. The number of anilines is 1. The highest BCUT2D eigenvalue weighted by Crippen LogP contribution is 2.27. The number of aliphatic hydroxyl groups excluding tert-OH is 1. The van der Waals surface area contributed by atoms with Crippen molar-refractivity contribution in [2.24, 2.45) is 10.7 Å². The van der Waals surface area contributed by atoms with E-state index in [-0.39, 0.29) is 12.6 Å². The number of fused-ring (bicyclic) bond motifs is 1. The number of rotatable bonds is 4. The van der Waals surface area contributed by atoms with E-state index in [0.29, 0.717) is 12.4 Å². The quantitative estimate of drug-likeness (QED) is 0.660. The predicted molar refractivity (Wildman–Crippen MR) is 73.7 cm³/mol. The van der Waals surface area contributed by atoms with E-state index in [9.17, 15) is 0 Å². The van der Waals surface area contributed by atoms with Crippen molar-refractivity contribution >= 4 is 11.8 Å². The Morgan fingerprint density at radius 1 is 1.25 bits per heavy atom. The molecule has 0 radical (unpaired) electrons. The van der Waals surface area contributed by atoms with Gasteiger partial charge in [-0.3, -0.25) is 0 Å². The molecule has 0 fully saturated rings. The zero-order valence-corrected chi connectivity index (χ0v) is 10.7. The van der Waals surface area contributed by atoms with Crippen molar-refractivity contribution in [1.82, 2.24) is 9.97 Å². The number of aromatic nitrogens is 2. The van der Waals surface area contributed by atoms with Crippen LogP contribution in [0.3, 0.4) is 0 Å². The smallest absolute Gasteiger partial charge is 0.197 e. The lowest BCUT2D eigenvalue weighted by atomic mass is 10.1. The van der Waals surface area contributed by atoms with Crippen LogP contribution in [-0.4, -0.2) is 21.0 Å². The molecule has 5 N–H and O–H groups in total. The highest BCUT2D eigenvalue weighted by Gasteiger charge is 2.23. The minimum Gasteiger partial charge on any atom is -0.392 e. The van der Waals surface area contributed by atoms with Crippen LogP contribution >= 0.6 is 0 Å². The van der Waals surface area contributed by atoms with E-state index in [4.69, 9.17) is 15.6 Å². The van der Waals surface area contributed by atoms with Gasteiger partial charge >= 0.3 is 0 Å². The van der Waals surface area contributed by atoms with E-state index < -0.39 is 6.23 Å². The molecule has 20 heavy (non-hydrogen) atoms. The molecule has 0 saturated heterocycles. The van der Waals surface area contributed by atoms with Gasteiger partial charge in [0.15, 0.2) is 18.0 Å². The Labute approximate surface area is 115 Å². The zero-order valence-electron chi connectivity index (χ0n) is 10.7. The molecule has 7 heteroatoms. The number of benzene rings is 1. The van der Waals surface area contributed by atoms with Gasteiger partial charge in [0.2, 0.25) is 0 Å². The Bertz CT molecular complexity index is 620. The summed E-state index contributed by atoms with van der Waals surface area (Å²) in [4.78, 5) is 11.3. The number of hydrogen-bond donors (Lipinski definition) is 4. The fraction of sp³-hybridized carbons (Fsp3) is 0.231. The fourth-order valence-electron chi connectivity index (χ4n) is 1.97. The molecule has 1 aromatic heterocycles. The number of aliphatic imine (C=N–C) groups is 1. The molecule has 7 nitrogen and oxygen atoms in total. The van der Waals surface area contributed by atoms with Gasteiger partial charge < -0.3 is 25.9 Å². The second kappa shape index (κ2) is 5.32. The van der Waals surface area contributed by atoms with E-state index in [1.54, 1.807) is 6.33 Å². The lowest BCUT2D eigenvalue weighted by molar-refractivity contribution is 0.0430. The van der Waals surface area contributed by atoms with Crippen LogP contribution in [0.15, 0.2) is 35.6 Å². The van der Waals surface area contributed by atoms with Crippen molar-refractivity contribution < 1.29 is 9.84 Å². The van der Waals surface area contributed by atoms with E-state index in [1.807, 2.05) is 24.3 Å². The fourth-order valence-corrected chi connectivity index (χ4v) is 1.97. The van der Waals surface area contributed by atoms with Crippen LogP contribution in [-0.2, 0) is 18.0 Å². The summed E-state index contributed by atoms with van der Waals surface area (Å²) >= 11 is 0. The lowest BCUT2D eigenvalue weighted by Gasteiger charge is -2.19. The average Bonchev–Trinajstić information content (AvgIpc) is 2.93. The maximum Gasteiger partial charge on any atom is 0.197 e. The summed E-state index contributed by atoms with van der Waals surface area (Å²) in [6, 6.07) is 7.54. The second-order valence-corrected chi connectivity index (χ2v) is 4.44. The van der Waals surface area contributed by atoms with Crippen LogP contribution in [0.1, 0.15) is 23.0 Å². The Morgan fingerprint density at radius 2 is 2.00 bits per heavy atom. The van der Waals surface area contributed by atoms with Crippen LogP contribution in [0, 0.1) is 0 Å². The molecule has 3 rings (SSSR count). The minimum absolute atomic E-state index is 0.0355. The van der Waals surface area contributed by atoms with Gasteiger partial charge in [-0.15, -0.1) is 0 Å². The maximum atomic E-state index is 9.00. The number of aromatic amines is 1. The third-order valence-electron chi connectivity index (χ3n) is 3.03. The Hall–Kier alpha value is -2.38. The van der Waals surface area contributed by atoms with Gasteiger partial charge in [0.1, 0.15) is 5.69 Å². The predicted octanol–water partition coefficient (Wildman–Crippen LogP) is 0.858. The Balaban J connectivity index is 1.69. The first-order valence-electron chi connectivity index (χ1n) is 6.20. The molecule has 104 valence electrons. The summed E-state index contributed by atoms with van der Waals surface area (Å²) in [5, 5.41) is 11.9. The van der Waals surface area contributed by atoms with Crippen molar-refractivity contribution in [2.75, 3.05) is 5.32 Å². The number of nitrogens with two attached hydrogens (primary N) is 1. The number of imidazole rings is 1. The first-order valence-corrected chi connectivity index (χ1v) is 6.20. The van der Waals surface area contributed by atoms with Crippen molar-refractivity contribution in [2.45, 2.75) is 19.4 Å². The number of ether oxygens (including phenoxy) is 1. The van der Waals surface area contributed by atoms with Crippen LogP contribution in [0.25, 0.3) is 0 Å². The molecule has 1 aliphatic rings. The molecule has 2 aromatic rings. The van der Waals surface area contributed by atoms with Gasteiger partial charge in [-0.1, -0.05) is 24.3 Å². The molecule has 1 atom stereocenters. The zero-order chi connectivity index (χ0) is 13.9. The molecule has 2 heterocycles. The van der Waals surface area contributed by atoms with Crippen LogP contribution < -0.4 is 11.1 Å². The van der Waals surface area contributed by atoms with Gasteiger partial charge in [0, 0.05) is 0 Å². The highest BCUT2D eigenvalue weighted by molar-refractivity contribution is 5.93. The van der Waals surface area contributed by atoms with E-state index in [1.165, 1.54) is 0 Å². The number of nitrogens with zero attached hydrogens (tertiary/aromatic N) is 2. The van der Waals surface area contributed by atoms with Crippen molar-refractivity contribution in [3.8, 4) is 0 Å². The largest absolute Gasteiger partial charge is 0.392 e. The number of nitrogens with one attached hydrogen (secondary N) is 2. The first kappa shape index (κ1) is 12.6. The van der Waals surface area contributed by atoms with Gasteiger partial charge in [-0.2, -0.15) is 0 Å². The lowest BCUT2D eigenvalue weighted by Crippen LogP contribution is -2.28. The van der Waals surface area contributed by atoms with Gasteiger partial charge in [0.25, 0.3) is 0 Å². The van der Waals surface area contributed by atoms with Crippen LogP contribution in [0.4, 0.5) is 5.82 Å². The summed E-state index contributed by atoms with van der Waals surface area (Å²) in [5.74, 6) is 0.920. The Kier molecular flexibility index (Phi) is 3.36. The highest BCUT2D eigenvalue weighted by atomic mass is 16.5. The molecule has 1 unspecified atom stereocenters. The number of aliphatic hydroxyl groups is 1. The van der Waals surface area contributed by atoms with Crippen molar-refractivity contribution in [1.29, 1.82) is 0 Å². The molecule has 1 aromatic carbocycles. The Morgan fingerprint density at radius 3 is 2.75 bits per heavy atom. The first-order chi connectivity index (χ1) is 9.76. The van der Waals surface area contributed by atoms with E-state index >= 15 is 0 Å². The van der Waals surface area contributed by atoms with E-state index in [2.05, 4.69) is 20.3 Å². The van der Waals surface area contributed by atoms with Crippen molar-refractivity contribution in [3.63, 3.8) is 0 Å². The topological polar surface area (TPSA) is 109 Å². The third kappa shape index (κ3) is 2.49. The summed E-state index contributed by atoms with van der Waals surface area (Å²) in [6.45, 7) is 0.430. The summed E-state index contributed by atoms with van der Waals surface area (Å²) in [7, 11) is 0. The number of H-pyrrole nitrogens is 1. The monoisotopic (exact) mass is 273 g/mol. The van der Waals surface area contributed by atoms with Gasteiger partial charge in [-0.25, -0.2) is 9.98 Å². The van der Waals surface area contributed by atoms with Gasteiger partial charge in [0.05, 0.1) is 19.5 Å². The maximum absolute atomic E-state index is 9.00. The normalized spacial score (nSPS) is 17.2. The number of guanidine groups is 1. The van der Waals surface area contributed by atoms with E-state index in [0.717, 1.165) is 16.8 Å². The summed E-state index contributed by atoms with van der Waals surface area (Å²) in [5.41, 5.74) is 8.30. The molecular weight excluding hydrogens is 258 g/mol. The summed E-state index contributed by atoms with van der Waals surface area (Å²) in [6.07, 6.45) is 1.07. The third-order valence-corrected chi connectivity index (χ3v) is 3.03. The standard InChI is InChI=1S/C13H15N5O2/c14-13-17-11-10(15-7-16-11)12(18-13)20-6-9-3-1-8(5-19)2-4-9/h1-4,7,12,19H,5-6H2,(H,15,16)(H3,14,17,18). The molecule has 0 saturated carbocycles. The van der Waals surface area contributed by atoms with Gasteiger partial charge in [-0.05, 0) is 11.1 Å². The molecule has 0 amide bonds. The SMILES string of the molecule is NC1=NC(OCc2ccc(CO)cc2)c2[nH]cnc2N1. The van der Waals surface area contributed by atoms with Crippen LogP contribution in [0.5, 0.6) is 0 Å². The minimum atomic E-state index is -0.494. The van der Waals surface area contributed by atoms with Crippen molar-refractivity contribution in [3.05, 3.63) is 47.4 Å². The number of hydrogen-bond acceptors (Lipinski definition) is 6. The molecule has 1 aliphatic heterocycles. The molecule has 0 bridgehead atoms. The van der Waals surface area contributed by atoms with Crippen LogP contribution in [0.2, 0.25) is 0 Å². The molecular formula is C13H15N5O2.